The number of rotatable bonds is 2. The number of aromatic amines is 1. The minimum Gasteiger partial charge on any atom is -0.385 e. The fourth-order valence-corrected chi connectivity index (χ4v) is 2.02. The quantitative estimate of drug-likeness (QED) is 0.486. The lowest BCUT2D eigenvalue weighted by atomic mass is 10.2. The number of morpholine rings is 1. The van der Waals surface area contributed by atoms with Crippen LogP contribution in [0.1, 0.15) is 0 Å². The van der Waals surface area contributed by atoms with Crippen molar-refractivity contribution < 1.29 is 4.74 Å². The van der Waals surface area contributed by atoms with E-state index in [0.717, 1.165) is 11.3 Å². The molecule has 0 radical (unpaired) electrons. The van der Waals surface area contributed by atoms with Gasteiger partial charge in [0.1, 0.15) is 23.8 Å². The Morgan fingerprint density at radius 3 is 3.22 bits per heavy atom. The SMILES string of the molecule is N=C(N)C1CN(c2ncnc3nc[nH]c23)CCO1. The summed E-state index contributed by atoms with van der Waals surface area (Å²) < 4.78 is 5.42. The van der Waals surface area contributed by atoms with Crippen molar-refractivity contribution in [3.05, 3.63) is 12.7 Å². The highest BCUT2D eigenvalue weighted by atomic mass is 16.5. The summed E-state index contributed by atoms with van der Waals surface area (Å²) in [5.41, 5.74) is 6.90. The lowest BCUT2D eigenvalue weighted by molar-refractivity contribution is 0.0824. The number of ether oxygens (including phenoxy) is 1. The van der Waals surface area contributed by atoms with Crippen molar-refractivity contribution in [2.75, 3.05) is 24.6 Å². The van der Waals surface area contributed by atoms with Gasteiger partial charge in [-0.3, -0.25) is 5.41 Å². The average molecular weight is 247 g/mol. The summed E-state index contributed by atoms with van der Waals surface area (Å²) >= 11 is 0. The molecule has 0 spiro atoms. The lowest BCUT2D eigenvalue weighted by Gasteiger charge is -2.33. The van der Waals surface area contributed by atoms with Gasteiger partial charge in [0.05, 0.1) is 19.5 Å². The number of hydrogen-bond acceptors (Lipinski definition) is 6. The number of hydrogen-bond donors (Lipinski definition) is 3. The topological polar surface area (TPSA) is 117 Å². The third-order valence-corrected chi connectivity index (χ3v) is 2.92. The molecule has 0 saturated carbocycles. The van der Waals surface area contributed by atoms with Crippen LogP contribution < -0.4 is 10.6 Å². The predicted molar refractivity (Wildman–Crippen MR) is 65.6 cm³/mol. The minimum absolute atomic E-state index is 0.0367. The Hall–Kier alpha value is -2.22. The molecule has 94 valence electrons. The Morgan fingerprint density at radius 1 is 1.50 bits per heavy atom. The zero-order valence-corrected chi connectivity index (χ0v) is 9.63. The van der Waals surface area contributed by atoms with Crippen molar-refractivity contribution in [3.8, 4) is 0 Å². The van der Waals surface area contributed by atoms with Crippen LogP contribution in [0.5, 0.6) is 0 Å². The van der Waals surface area contributed by atoms with E-state index in [1.165, 1.54) is 6.33 Å². The summed E-state index contributed by atoms with van der Waals surface area (Å²) in [4.78, 5) is 17.5. The van der Waals surface area contributed by atoms with Gasteiger partial charge in [-0.15, -0.1) is 0 Å². The third kappa shape index (κ3) is 1.76. The molecule has 1 aliphatic rings. The van der Waals surface area contributed by atoms with Gasteiger partial charge < -0.3 is 20.4 Å². The zero-order valence-electron chi connectivity index (χ0n) is 9.63. The maximum atomic E-state index is 7.45. The molecule has 1 atom stereocenters. The first-order valence-electron chi connectivity index (χ1n) is 5.60. The molecule has 18 heavy (non-hydrogen) atoms. The largest absolute Gasteiger partial charge is 0.385 e. The second-order valence-electron chi connectivity index (χ2n) is 4.06. The summed E-state index contributed by atoms with van der Waals surface area (Å²) in [6, 6.07) is 0. The van der Waals surface area contributed by atoms with Crippen molar-refractivity contribution >= 4 is 22.8 Å². The number of fused-ring (bicyclic) bond motifs is 1. The Morgan fingerprint density at radius 2 is 2.39 bits per heavy atom. The highest BCUT2D eigenvalue weighted by Crippen LogP contribution is 2.21. The second-order valence-corrected chi connectivity index (χ2v) is 4.06. The van der Waals surface area contributed by atoms with E-state index in [1.54, 1.807) is 6.33 Å². The van der Waals surface area contributed by atoms with Crippen molar-refractivity contribution in [1.82, 2.24) is 19.9 Å². The molecular formula is C10H13N7O. The average Bonchev–Trinajstić information content (AvgIpc) is 2.87. The summed E-state index contributed by atoms with van der Waals surface area (Å²) in [5.74, 6) is 0.807. The van der Waals surface area contributed by atoms with Gasteiger partial charge in [0.15, 0.2) is 11.5 Å². The van der Waals surface area contributed by atoms with E-state index in [9.17, 15) is 0 Å². The molecule has 0 aliphatic carbocycles. The van der Waals surface area contributed by atoms with Gasteiger partial charge in [-0.1, -0.05) is 0 Å². The molecule has 0 aromatic carbocycles. The van der Waals surface area contributed by atoms with Crippen LogP contribution >= 0.6 is 0 Å². The van der Waals surface area contributed by atoms with Crippen molar-refractivity contribution in [2.24, 2.45) is 5.73 Å². The van der Waals surface area contributed by atoms with E-state index in [2.05, 4.69) is 19.9 Å². The first kappa shape index (κ1) is 10.9. The molecule has 0 bridgehead atoms. The Balaban J connectivity index is 1.94. The molecule has 2 aromatic heterocycles. The first-order chi connectivity index (χ1) is 8.75. The number of anilines is 1. The van der Waals surface area contributed by atoms with Crippen molar-refractivity contribution in [3.63, 3.8) is 0 Å². The molecule has 0 amide bonds. The molecule has 1 saturated heterocycles. The Labute approximate surface area is 103 Å². The molecule has 1 unspecified atom stereocenters. The van der Waals surface area contributed by atoms with Gasteiger partial charge in [0, 0.05) is 6.54 Å². The number of H-pyrrole nitrogens is 1. The highest BCUT2D eigenvalue weighted by molar-refractivity contribution is 5.85. The summed E-state index contributed by atoms with van der Waals surface area (Å²) in [6.07, 6.45) is 2.69. The molecular weight excluding hydrogens is 234 g/mol. The van der Waals surface area contributed by atoms with Crippen LogP contribution in [0.25, 0.3) is 11.2 Å². The van der Waals surface area contributed by atoms with E-state index in [-0.39, 0.29) is 11.9 Å². The number of imidazole rings is 1. The molecule has 3 heterocycles. The maximum absolute atomic E-state index is 7.45. The van der Waals surface area contributed by atoms with Crippen LogP contribution in [0, 0.1) is 5.41 Å². The second kappa shape index (κ2) is 4.22. The van der Waals surface area contributed by atoms with Gasteiger partial charge >= 0.3 is 0 Å². The van der Waals surface area contributed by atoms with E-state index in [1.807, 2.05) is 4.90 Å². The van der Waals surface area contributed by atoms with Crippen LogP contribution in [0.3, 0.4) is 0 Å². The van der Waals surface area contributed by atoms with E-state index in [4.69, 9.17) is 15.9 Å². The van der Waals surface area contributed by atoms with Crippen LogP contribution in [-0.4, -0.2) is 51.6 Å². The van der Waals surface area contributed by atoms with E-state index < -0.39 is 0 Å². The Bertz CT molecular complexity index is 580. The molecule has 3 rings (SSSR count). The fraction of sp³-hybridized carbons (Fsp3) is 0.400. The first-order valence-corrected chi connectivity index (χ1v) is 5.60. The highest BCUT2D eigenvalue weighted by Gasteiger charge is 2.25. The Kier molecular flexibility index (Phi) is 2.56. The van der Waals surface area contributed by atoms with Crippen LogP contribution in [0.4, 0.5) is 5.82 Å². The third-order valence-electron chi connectivity index (χ3n) is 2.92. The van der Waals surface area contributed by atoms with E-state index >= 15 is 0 Å². The monoisotopic (exact) mass is 247 g/mol. The minimum atomic E-state index is -0.383. The number of nitrogens with one attached hydrogen (secondary N) is 2. The molecule has 1 fully saturated rings. The molecule has 1 aliphatic heterocycles. The molecule has 2 aromatic rings. The van der Waals surface area contributed by atoms with Gasteiger partial charge in [-0.05, 0) is 0 Å². The van der Waals surface area contributed by atoms with Crippen LogP contribution in [0.15, 0.2) is 12.7 Å². The molecule has 8 heteroatoms. The summed E-state index contributed by atoms with van der Waals surface area (Å²) in [7, 11) is 0. The number of aromatic nitrogens is 4. The van der Waals surface area contributed by atoms with Crippen molar-refractivity contribution in [2.45, 2.75) is 6.10 Å². The maximum Gasteiger partial charge on any atom is 0.182 e. The lowest BCUT2D eigenvalue weighted by Crippen LogP contribution is -2.48. The van der Waals surface area contributed by atoms with Crippen molar-refractivity contribution in [1.29, 1.82) is 5.41 Å². The van der Waals surface area contributed by atoms with E-state index in [0.29, 0.717) is 25.3 Å². The predicted octanol–water partition coefficient (Wildman–Crippen LogP) is -0.506. The van der Waals surface area contributed by atoms with Crippen LogP contribution in [0.2, 0.25) is 0 Å². The smallest absolute Gasteiger partial charge is 0.182 e. The van der Waals surface area contributed by atoms with Crippen LogP contribution in [-0.2, 0) is 4.74 Å². The number of nitrogens with two attached hydrogens (primary N) is 1. The fourth-order valence-electron chi connectivity index (χ4n) is 2.02. The number of amidine groups is 1. The van der Waals surface area contributed by atoms with Gasteiger partial charge in [-0.25, -0.2) is 15.0 Å². The molecule has 8 nitrogen and oxygen atoms in total. The van der Waals surface area contributed by atoms with Gasteiger partial charge in [0.2, 0.25) is 0 Å². The normalized spacial score (nSPS) is 20.2. The standard InChI is InChI=1S/C10H13N7O/c11-8(12)6-3-17(1-2-18-6)10-7-9(14-4-13-7)15-5-16-10/h4-6H,1-3H2,(H3,11,12)(H,13,14,15,16). The number of nitrogens with zero attached hydrogens (tertiary/aromatic N) is 4. The molecule has 4 N–H and O–H groups in total. The van der Waals surface area contributed by atoms with Gasteiger partial charge in [-0.2, -0.15) is 0 Å². The zero-order chi connectivity index (χ0) is 12.5. The summed E-state index contributed by atoms with van der Waals surface area (Å²) in [5, 5.41) is 7.45. The summed E-state index contributed by atoms with van der Waals surface area (Å²) in [6.45, 7) is 1.74. The van der Waals surface area contributed by atoms with Gasteiger partial charge in [0.25, 0.3) is 0 Å².